The summed E-state index contributed by atoms with van der Waals surface area (Å²) in [6.07, 6.45) is 2.31. The molecule has 3 heteroatoms. The predicted molar refractivity (Wildman–Crippen MR) is 102 cm³/mol. The molecule has 1 aliphatic heterocycles. The first-order valence-electron chi connectivity index (χ1n) is 8.98. The second kappa shape index (κ2) is 6.65. The third-order valence-electron chi connectivity index (χ3n) is 5.25. The van der Waals surface area contributed by atoms with Crippen LogP contribution in [0.5, 0.6) is 0 Å². The summed E-state index contributed by atoms with van der Waals surface area (Å²) in [6.45, 7) is 1.92. The van der Waals surface area contributed by atoms with E-state index in [9.17, 15) is 10.1 Å². The quantitative estimate of drug-likeness (QED) is 0.850. The summed E-state index contributed by atoms with van der Waals surface area (Å²) in [4.78, 5) is 12.6. The normalized spacial score (nSPS) is 19.7. The van der Waals surface area contributed by atoms with Crippen LogP contribution < -0.4 is 5.32 Å². The summed E-state index contributed by atoms with van der Waals surface area (Å²) in [5, 5.41) is 13.0. The van der Waals surface area contributed by atoms with Gasteiger partial charge in [0.05, 0.1) is 17.6 Å². The predicted octanol–water partition coefficient (Wildman–Crippen LogP) is 4.85. The largest absolute Gasteiger partial charge is 0.361 e. The third-order valence-corrected chi connectivity index (χ3v) is 5.25. The Hall–Kier alpha value is -3.12. The number of nitrogens with one attached hydrogen (secondary N) is 1. The van der Waals surface area contributed by atoms with Crippen LogP contribution in [-0.2, 0) is 4.79 Å². The number of ketones is 1. The fourth-order valence-electron chi connectivity index (χ4n) is 3.96. The number of dihydropyridines is 1. The van der Waals surface area contributed by atoms with Gasteiger partial charge in [0.2, 0.25) is 0 Å². The van der Waals surface area contributed by atoms with Crippen LogP contribution in [0.4, 0.5) is 0 Å². The van der Waals surface area contributed by atoms with Crippen molar-refractivity contribution in [3.05, 3.63) is 82.7 Å². The Balaban J connectivity index is 1.78. The van der Waals surface area contributed by atoms with Gasteiger partial charge in [0, 0.05) is 23.4 Å². The van der Waals surface area contributed by atoms with Gasteiger partial charge in [-0.05, 0) is 36.5 Å². The fourth-order valence-corrected chi connectivity index (χ4v) is 3.96. The lowest BCUT2D eigenvalue weighted by atomic mass is 9.75. The second-order valence-electron chi connectivity index (χ2n) is 6.87. The van der Waals surface area contributed by atoms with E-state index < -0.39 is 0 Å². The lowest BCUT2D eigenvalue weighted by Gasteiger charge is -2.32. The minimum absolute atomic E-state index is 0.163. The molecule has 0 radical (unpaired) electrons. The van der Waals surface area contributed by atoms with Crippen molar-refractivity contribution in [2.45, 2.75) is 32.1 Å². The van der Waals surface area contributed by atoms with Gasteiger partial charge in [-0.15, -0.1) is 0 Å². The fraction of sp³-hybridized carbons (Fsp3) is 0.217. The number of hydrogen-bond donors (Lipinski definition) is 1. The Morgan fingerprint density at radius 2 is 1.69 bits per heavy atom. The molecule has 1 atom stereocenters. The average Bonchev–Trinajstić information content (AvgIpc) is 2.68. The number of carbonyl (C=O) groups is 1. The number of benzene rings is 2. The summed E-state index contributed by atoms with van der Waals surface area (Å²) in [7, 11) is 0. The van der Waals surface area contributed by atoms with Crippen LogP contribution in [0.2, 0.25) is 0 Å². The Morgan fingerprint density at radius 1 is 1.00 bits per heavy atom. The Bertz CT molecular complexity index is 960. The van der Waals surface area contributed by atoms with Crippen LogP contribution >= 0.6 is 0 Å². The highest BCUT2D eigenvalue weighted by Crippen LogP contribution is 2.42. The molecule has 0 amide bonds. The standard InChI is InChI=1S/C23H20N2O/c1-15-19(14-24)22(23-20(25-15)8-5-9-21(23)26)18-12-10-17(11-13-18)16-6-3-2-4-7-16/h2-4,6-7,10-13,22,25H,5,8-9H2,1H3. The van der Waals surface area contributed by atoms with Gasteiger partial charge in [0.25, 0.3) is 0 Å². The zero-order valence-corrected chi connectivity index (χ0v) is 14.8. The van der Waals surface area contributed by atoms with Crippen molar-refractivity contribution in [1.82, 2.24) is 5.32 Å². The molecular formula is C23H20N2O. The Labute approximate surface area is 153 Å². The first kappa shape index (κ1) is 16.4. The van der Waals surface area contributed by atoms with E-state index in [0.29, 0.717) is 12.0 Å². The molecule has 2 aromatic rings. The maximum absolute atomic E-state index is 12.6. The maximum atomic E-state index is 12.6. The highest BCUT2D eigenvalue weighted by Gasteiger charge is 2.35. The minimum atomic E-state index is -0.256. The van der Waals surface area contributed by atoms with Crippen molar-refractivity contribution in [3.63, 3.8) is 0 Å². The molecule has 1 heterocycles. The zero-order chi connectivity index (χ0) is 18.1. The molecule has 128 valence electrons. The van der Waals surface area contributed by atoms with Gasteiger partial charge in [-0.2, -0.15) is 5.26 Å². The minimum Gasteiger partial charge on any atom is -0.361 e. The first-order valence-corrected chi connectivity index (χ1v) is 8.98. The number of nitrogens with zero attached hydrogens (tertiary/aromatic N) is 1. The van der Waals surface area contributed by atoms with E-state index in [1.807, 2.05) is 25.1 Å². The van der Waals surface area contributed by atoms with E-state index >= 15 is 0 Å². The summed E-state index contributed by atoms with van der Waals surface area (Å²) in [5.41, 5.74) is 6.58. The number of carbonyl (C=O) groups excluding carboxylic acids is 1. The number of nitriles is 1. The van der Waals surface area contributed by atoms with Crippen molar-refractivity contribution < 1.29 is 4.79 Å². The summed E-state index contributed by atoms with van der Waals surface area (Å²) in [6, 6.07) is 20.8. The SMILES string of the molecule is CC1=C(C#N)C(c2ccc(-c3ccccc3)cc2)C2=C(CCCC2=O)N1. The molecule has 2 aromatic carbocycles. The van der Waals surface area contributed by atoms with Gasteiger partial charge >= 0.3 is 0 Å². The summed E-state index contributed by atoms with van der Waals surface area (Å²) in [5.74, 6) is -0.0926. The third kappa shape index (κ3) is 2.74. The molecule has 1 N–H and O–H groups in total. The highest BCUT2D eigenvalue weighted by atomic mass is 16.1. The molecule has 0 aromatic heterocycles. The van der Waals surface area contributed by atoms with Crippen LogP contribution in [0.1, 0.15) is 37.7 Å². The number of rotatable bonds is 2. The Morgan fingerprint density at radius 3 is 2.38 bits per heavy atom. The topological polar surface area (TPSA) is 52.9 Å². The summed E-state index contributed by atoms with van der Waals surface area (Å²) < 4.78 is 0. The van der Waals surface area contributed by atoms with E-state index in [1.165, 1.54) is 0 Å². The van der Waals surface area contributed by atoms with Crippen LogP contribution in [-0.4, -0.2) is 5.78 Å². The molecule has 4 rings (SSSR count). The zero-order valence-electron chi connectivity index (χ0n) is 14.8. The molecule has 26 heavy (non-hydrogen) atoms. The first-order chi connectivity index (χ1) is 12.7. The Kier molecular flexibility index (Phi) is 4.18. The van der Waals surface area contributed by atoms with Crippen LogP contribution in [0, 0.1) is 11.3 Å². The average molecular weight is 340 g/mol. The molecular weight excluding hydrogens is 320 g/mol. The van der Waals surface area contributed by atoms with Crippen molar-refractivity contribution in [1.29, 1.82) is 5.26 Å². The molecule has 0 fully saturated rings. The van der Waals surface area contributed by atoms with Gasteiger partial charge < -0.3 is 5.32 Å². The van der Waals surface area contributed by atoms with E-state index in [-0.39, 0.29) is 11.7 Å². The van der Waals surface area contributed by atoms with E-state index in [2.05, 4.69) is 47.8 Å². The lowest BCUT2D eigenvalue weighted by Crippen LogP contribution is -2.31. The van der Waals surface area contributed by atoms with Crippen LogP contribution in [0.3, 0.4) is 0 Å². The van der Waals surface area contributed by atoms with Crippen molar-refractivity contribution in [2.24, 2.45) is 0 Å². The van der Waals surface area contributed by atoms with Gasteiger partial charge in [0.15, 0.2) is 5.78 Å². The number of Topliss-reactive ketones (excluding diaryl/α,β-unsaturated/α-hetero) is 1. The monoisotopic (exact) mass is 340 g/mol. The van der Waals surface area contributed by atoms with Crippen molar-refractivity contribution in [2.75, 3.05) is 0 Å². The highest BCUT2D eigenvalue weighted by molar-refractivity contribution is 5.99. The number of allylic oxidation sites excluding steroid dienone is 4. The molecule has 0 bridgehead atoms. The van der Waals surface area contributed by atoms with Crippen LogP contribution in [0.25, 0.3) is 11.1 Å². The smallest absolute Gasteiger partial charge is 0.161 e. The van der Waals surface area contributed by atoms with Crippen molar-refractivity contribution in [3.8, 4) is 17.2 Å². The second-order valence-corrected chi connectivity index (χ2v) is 6.87. The molecule has 0 spiro atoms. The van der Waals surface area contributed by atoms with Gasteiger partial charge in [-0.3, -0.25) is 4.79 Å². The van der Waals surface area contributed by atoms with Gasteiger partial charge in [-0.1, -0.05) is 54.6 Å². The van der Waals surface area contributed by atoms with E-state index in [4.69, 9.17) is 0 Å². The summed E-state index contributed by atoms with van der Waals surface area (Å²) >= 11 is 0. The molecule has 1 unspecified atom stereocenters. The van der Waals surface area contributed by atoms with E-state index in [0.717, 1.165) is 46.5 Å². The molecule has 1 aliphatic carbocycles. The van der Waals surface area contributed by atoms with Crippen molar-refractivity contribution >= 4 is 5.78 Å². The molecule has 0 saturated heterocycles. The van der Waals surface area contributed by atoms with E-state index in [1.54, 1.807) is 0 Å². The number of hydrogen-bond acceptors (Lipinski definition) is 3. The molecule has 0 saturated carbocycles. The molecule has 2 aliphatic rings. The van der Waals surface area contributed by atoms with Crippen LogP contribution in [0.15, 0.2) is 77.1 Å². The maximum Gasteiger partial charge on any atom is 0.161 e. The lowest BCUT2D eigenvalue weighted by molar-refractivity contribution is -0.116. The van der Waals surface area contributed by atoms with Gasteiger partial charge in [-0.25, -0.2) is 0 Å². The molecule has 3 nitrogen and oxygen atoms in total. The van der Waals surface area contributed by atoms with Gasteiger partial charge in [0.1, 0.15) is 0 Å².